The second-order valence-electron chi connectivity index (χ2n) is 3.89. The summed E-state index contributed by atoms with van der Waals surface area (Å²) in [7, 11) is 3.49. The third-order valence-corrected chi connectivity index (χ3v) is 2.84. The van der Waals surface area contributed by atoms with E-state index in [0.717, 1.165) is 11.3 Å². The van der Waals surface area contributed by atoms with Crippen LogP contribution in [0.25, 0.3) is 0 Å². The van der Waals surface area contributed by atoms with E-state index < -0.39 is 0 Å². The van der Waals surface area contributed by atoms with E-state index in [9.17, 15) is 0 Å². The molecule has 0 saturated heterocycles. The Balaban J connectivity index is 2.08. The van der Waals surface area contributed by atoms with Crippen LogP contribution in [0.4, 0.5) is 0 Å². The van der Waals surface area contributed by atoms with Crippen molar-refractivity contribution >= 4 is 11.6 Å². The van der Waals surface area contributed by atoms with Gasteiger partial charge in [-0.15, -0.1) is 11.6 Å². The van der Waals surface area contributed by atoms with Gasteiger partial charge in [0.2, 0.25) is 0 Å². The van der Waals surface area contributed by atoms with E-state index in [0.29, 0.717) is 24.0 Å². The number of benzene rings is 1. The maximum atomic E-state index is 5.77. The standard InChI is InChI=1S/C13H15ClN2O2/c1-16-6-5-11(15-16)9-18-12-4-3-10(8-14)7-13(12)17-2/h3-7H,8-9H2,1-2H3. The molecule has 0 atom stereocenters. The Hall–Kier alpha value is -1.68. The minimum atomic E-state index is 0.414. The van der Waals surface area contributed by atoms with Crippen molar-refractivity contribution in [2.24, 2.45) is 7.05 Å². The molecule has 0 unspecified atom stereocenters. The van der Waals surface area contributed by atoms with Crippen molar-refractivity contribution in [1.29, 1.82) is 0 Å². The van der Waals surface area contributed by atoms with E-state index in [1.807, 2.05) is 37.5 Å². The molecule has 0 amide bonds. The number of hydrogen-bond acceptors (Lipinski definition) is 3. The summed E-state index contributed by atoms with van der Waals surface area (Å²) in [6, 6.07) is 7.57. The molecule has 0 aliphatic rings. The molecule has 0 spiro atoms. The number of nitrogens with zero attached hydrogens (tertiary/aromatic N) is 2. The zero-order valence-electron chi connectivity index (χ0n) is 10.4. The summed E-state index contributed by atoms with van der Waals surface area (Å²) >= 11 is 5.77. The number of hydrogen-bond donors (Lipinski definition) is 0. The highest BCUT2D eigenvalue weighted by molar-refractivity contribution is 6.17. The summed E-state index contributed by atoms with van der Waals surface area (Å²) in [5.41, 5.74) is 1.87. The van der Waals surface area contributed by atoms with Crippen molar-refractivity contribution in [3.8, 4) is 11.5 Å². The summed E-state index contributed by atoms with van der Waals surface area (Å²) in [4.78, 5) is 0. The Morgan fingerprint density at radius 3 is 2.72 bits per heavy atom. The summed E-state index contributed by atoms with van der Waals surface area (Å²) < 4.78 is 12.7. The van der Waals surface area contributed by atoms with Crippen LogP contribution in [0.3, 0.4) is 0 Å². The Labute approximate surface area is 111 Å². The first-order chi connectivity index (χ1) is 8.72. The number of aromatic nitrogens is 2. The van der Waals surface area contributed by atoms with Crippen molar-refractivity contribution in [2.45, 2.75) is 12.5 Å². The van der Waals surface area contributed by atoms with Crippen LogP contribution < -0.4 is 9.47 Å². The first-order valence-corrected chi connectivity index (χ1v) is 6.10. The van der Waals surface area contributed by atoms with Gasteiger partial charge in [0.15, 0.2) is 11.5 Å². The summed E-state index contributed by atoms with van der Waals surface area (Å²) in [5.74, 6) is 1.83. The number of alkyl halides is 1. The van der Waals surface area contributed by atoms with Crippen molar-refractivity contribution in [1.82, 2.24) is 9.78 Å². The zero-order valence-corrected chi connectivity index (χ0v) is 11.1. The predicted molar refractivity (Wildman–Crippen MR) is 70.1 cm³/mol. The van der Waals surface area contributed by atoms with Gasteiger partial charge in [-0.25, -0.2) is 0 Å². The molecule has 1 aromatic carbocycles. The SMILES string of the molecule is COc1cc(CCl)ccc1OCc1ccn(C)n1. The lowest BCUT2D eigenvalue weighted by atomic mass is 10.2. The van der Waals surface area contributed by atoms with Crippen LogP contribution in [0.2, 0.25) is 0 Å². The van der Waals surface area contributed by atoms with Crippen LogP contribution in [0.5, 0.6) is 11.5 Å². The molecule has 5 heteroatoms. The molecule has 4 nitrogen and oxygen atoms in total. The monoisotopic (exact) mass is 266 g/mol. The van der Waals surface area contributed by atoms with E-state index in [1.54, 1.807) is 11.8 Å². The smallest absolute Gasteiger partial charge is 0.161 e. The van der Waals surface area contributed by atoms with Gasteiger partial charge in [0.25, 0.3) is 0 Å². The van der Waals surface area contributed by atoms with Gasteiger partial charge in [-0.1, -0.05) is 6.07 Å². The molecule has 0 fully saturated rings. The number of rotatable bonds is 5. The van der Waals surface area contributed by atoms with Gasteiger partial charge < -0.3 is 9.47 Å². The minimum absolute atomic E-state index is 0.414. The van der Waals surface area contributed by atoms with Crippen LogP contribution >= 0.6 is 11.6 Å². The number of halogens is 1. The first kappa shape index (κ1) is 12.8. The van der Waals surface area contributed by atoms with E-state index >= 15 is 0 Å². The van der Waals surface area contributed by atoms with Crippen LogP contribution in [0.1, 0.15) is 11.3 Å². The lowest BCUT2D eigenvalue weighted by Crippen LogP contribution is -2.00. The van der Waals surface area contributed by atoms with Crippen molar-refractivity contribution in [2.75, 3.05) is 7.11 Å². The molecule has 1 aromatic heterocycles. The topological polar surface area (TPSA) is 36.3 Å². The molecular formula is C13H15ClN2O2. The molecule has 0 N–H and O–H groups in total. The minimum Gasteiger partial charge on any atom is -0.493 e. The van der Waals surface area contributed by atoms with E-state index in [4.69, 9.17) is 21.1 Å². The Bertz CT molecular complexity index is 525. The highest BCUT2D eigenvalue weighted by Crippen LogP contribution is 2.29. The van der Waals surface area contributed by atoms with Gasteiger partial charge in [0.1, 0.15) is 6.61 Å². The third kappa shape index (κ3) is 2.96. The van der Waals surface area contributed by atoms with Crippen LogP contribution in [0, 0.1) is 0 Å². The molecule has 0 radical (unpaired) electrons. The van der Waals surface area contributed by atoms with Crippen molar-refractivity contribution in [3.05, 3.63) is 41.7 Å². The van der Waals surface area contributed by atoms with Crippen LogP contribution in [0.15, 0.2) is 30.5 Å². The van der Waals surface area contributed by atoms with Crippen molar-refractivity contribution < 1.29 is 9.47 Å². The maximum Gasteiger partial charge on any atom is 0.161 e. The number of aryl methyl sites for hydroxylation is 1. The lowest BCUT2D eigenvalue weighted by molar-refractivity contribution is 0.279. The number of ether oxygens (including phenoxy) is 2. The van der Waals surface area contributed by atoms with Gasteiger partial charge in [-0.05, 0) is 23.8 Å². The average molecular weight is 267 g/mol. The Kier molecular flexibility index (Phi) is 4.10. The summed E-state index contributed by atoms with van der Waals surface area (Å²) in [6.45, 7) is 0.414. The fourth-order valence-electron chi connectivity index (χ4n) is 1.61. The van der Waals surface area contributed by atoms with Gasteiger partial charge in [-0.2, -0.15) is 5.10 Å². The fraction of sp³-hybridized carbons (Fsp3) is 0.308. The third-order valence-electron chi connectivity index (χ3n) is 2.53. The Morgan fingerprint density at radius 1 is 1.28 bits per heavy atom. The first-order valence-electron chi connectivity index (χ1n) is 5.57. The van der Waals surface area contributed by atoms with Crippen molar-refractivity contribution in [3.63, 3.8) is 0 Å². The molecule has 0 bridgehead atoms. The molecular weight excluding hydrogens is 252 g/mol. The summed E-state index contributed by atoms with van der Waals surface area (Å²) in [5, 5.41) is 4.24. The second-order valence-corrected chi connectivity index (χ2v) is 4.16. The van der Waals surface area contributed by atoms with E-state index in [2.05, 4.69) is 5.10 Å². The second kappa shape index (κ2) is 5.78. The van der Waals surface area contributed by atoms with Gasteiger partial charge in [-0.3, -0.25) is 4.68 Å². The lowest BCUT2D eigenvalue weighted by Gasteiger charge is -2.10. The number of methoxy groups -OCH3 is 1. The molecule has 18 heavy (non-hydrogen) atoms. The van der Waals surface area contributed by atoms with Gasteiger partial charge in [0, 0.05) is 19.1 Å². The maximum absolute atomic E-state index is 5.77. The molecule has 96 valence electrons. The van der Waals surface area contributed by atoms with Gasteiger partial charge >= 0.3 is 0 Å². The molecule has 0 saturated carbocycles. The fourth-order valence-corrected chi connectivity index (χ4v) is 1.77. The normalized spacial score (nSPS) is 10.4. The van der Waals surface area contributed by atoms with Crippen LogP contribution in [-0.4, -0.2) is 16.9 Å². The molecule has 2 rings (SSSR count). The zero-order chi connectivity index (χ0) is 13.0. The van der Waals surface area contributed by atoms with E-state index in [-0.39, 0.29) is 0 Å². The van der Waals surface area contributed by atoms with Crippen LogP contribution in [-0.2, 0) is 19.5 Å². The highest BCUT2D eigenvalue weighted by Gasteiger charge is 2.06. The van der Waals surface area contributed by atoms with E-state index in [1.165, 1.54) is 0 Å². The summed E-state index contributed by atoms with van der Waals surface area (Å²) in [6.07, 6.45) is 1.88. The molecule has 0 aliphatic heterocycles. The quantitative estimate of drug-likeness (QED) is 0.781. The average Bonchev–Trinajstić information content (AvgIpc) is 2.82. The highest BCUT2D eigenvalue weighted by atomic mass is 35.5. The molecule has 2 aromatic rings. The predicted octanol–water partition coefficient (Wildman–Crippen LogP) is 2.75. The molecule has 1 heterocycles. The Morgan fingerprint density at radius 2 is 2.11 bits per heavy atom. The molecule has 0 aliphatic carbocycles. The van der Waals surface area contributed by atoms with Gasteiger partial charge in [0.05, 0.1) is 12.8 Å². The largest absolute Gasteiger partial charge is 0.493 e.